The topological polar surface area (TPSA) is 136 Å². The Hall–Kier alpha value is -3.33. The molecule has 2 aromatic heterocycles. The Morgan fingerprint density at radius 3 is 2.45 bits per heavy atom. The first-order valence-corrected chi connectivity index (χ1v) is 14.7. The number of aryl methyl sites for hydroxylation is 1. The van der Waals surface area contributed by atoms with Crippen LogP contribution in [0.4, 0.5) is 17.5 Å². The molecule has 0 bridgehead atoms. The van der Waals surface area contributed by atoms with Gasteiger partial charge in [-0.1, -0.05) is 20.8 Å². The van der Waals surface area contributed by atoms with Gasteiger partial charge in [-0.05, 0) is 45.2 Å². The number of hydrogen-bond acceptors (Lipinski definition) is 10. The molecule has 0 saturated carbocycles. The zero-order valence-electron chi connectivity index (χ0n) is 22.8. The number of rotatable bonds is 4. The number of piperazine rings is 1. The van der Waals surface area contributed by atoms with Gasteiger partial charge < -0.3 is 14.7 Å². The SMILES string of the molecule is CCc1cc(N2CC(C)(C)c3c2ncnc3N2C[C@@H](C)N(C(=O)C3(C)CCS3(=O)=O)C[C@@H]2C)nnc1C#N. The maximum atomic E-state index is 13.4. The number of nitrogens with zero attached hydrogens (tertiary/aromatic N) is 8. The molecule has 3 aliphatic heterocycles. The second-order valence-electron chi connectivity index (χ2n) is 11.5. The molecule has 0 radical (unpaired) electrons. The average molecular weight is 539 g/mol. The van der Waals surface area contributed by atoms with E-state index in [0.29, 0.717) is 44.0 Å². The largest absolute Gasteiger partial charge is 0.350 e. The molecule has 2 aromatic rings. The number of nitriles is 1. The number of amides is 1. The lowest BCUT2D eigenvalue weighted by Gasteiger charge is -2.49. The molecule has 1 unspecified atom stereocenters. The number of fused-ring (bicyclic) bond motifs is 1. The van der Waals surface area contributed by atoms with Crippen LogP contribution in [0.25, 0.3) is 0 Å². The minimum absolute atomic E-state index is 0.0706. The highest BCUT2D eigenvalue weighted by atomic mass is 32.2. The van der Waals surface area contributed by atoms with Gasteiger partial charge in [-0.3, -0.25) is 4.79 Å². The first kappa shape index (κ1) is 26.3. The molecule has 0 aromatic carbocycles. The Morgan fingerprint density at radius 2 is 1.84 bits per heavy atom. The van der Waals surface area contributed by atoms with E-state index < -0.39 is 14.6 Å². The van der Waals surface area contributed by atoms with Crippen LogP contribution < -0.4 is 9.80 Å². The summed E-state index contributed by atoms with van der Waals surface area (Å²) in [6.07, 6.45) is 2.59. The van der Waals surface area contributed by atoms with Gasteiger partial charge in [0.15, 0.2) is 21.3 Å². The van der Waals surface area contributed by atoms with Gasteiger partial charge in [0.05, 0.1) is 5.75 Å². The van der Waals surface area contributed by atoms with Crippen molar-refractivity contribution in [3.8, 4) is 6.07 Å². The summed E-state index contributed by atoms with van der Waals surface area (Å²) in [7, 11) is -3.40. The van der Waals surface area contributed by atoms with Crippen LogP contribution in [0.1, 0.15) is 64.8 Å². The third-order valence-electron chi connectivity index (χ3n) is 8.42. The van der Waals surface area contributed by atoms with Crippen molar-refractivity contribution in [2.45, 2.75) is 76.6 Å². The third kappa shape index (κ3) is 3.82. The maximum Gasteiger partial charge on any atom is 0.244 e. The number of hydrogen-bond donors (Lipinski definition) is 0. The number of carbonyl (C=O) groups excluding carboxylic acids is 1. The van der Waals surface area contributed by atoms with Crippen molar-refractivity contribution in [2.24, 2.45) is 0 Å². The van der Waals surface area contributed by atoms with Gasteiger partial charge in [0.25, 0.3) is 0 Å². The van der Waals surface area contributed by atoms with Crippen molar-refractivity contribution in [1.82, 2.24) is 25.1 Å². The minimum Gasteiger partial charge on any atom is -0.350 e. The van der Waals surface area contributed by atoms with E-state index in [1.165, 1.54) is 0 Å². The number of sulfone groups is 1. The minimum atomic E-state index is -3.40. The highest BCUT2D eigenvalue weighted by molar-refractivity contribution is 7.95. The lowest BCUT2D eigenvalue weighted by molar-refractivity contribution is -0.137. The van der Waals surface area contributed by atoms with Gasteiger partial charge in [0.2, 0.25) is 5.91 Å². The van der Waals surface area contributed by atoms with E-state index in [4.69, 9.17) is 4.98 Å². The smallest absolute Gasteiger partial charge is 0.244 e. The summed E-state index contributed by atoms with van der Waals surface area (Å²) in [6, 6.07) is 3.75. The highest BCUT2D eigenvalue weighted by Gasteiger charge is 2.57. The molecular weight excluding hydrogens is 504 g/mol. The molecule has 11 nitrogen and oxygen atoms in total. The monoisotopic (exact) mass is 538 g/mol. The van der Waals surface area contributed by atoms with Crippen LogP contribution in [0.5, 0.6) is 0 Å². The first-order chi connectivity index (χ1) is 17.8. The predicted molar refractivity (Wildman–Crippen MR) is 143 cm³/mol. The third-order valence-corrected chi connectivity index (χ3v) is 10.9. The number of carbonyl (C=O) groups is 1. The lowest BCUT2D eigenvalue weighted by atomic mass is 9.87. The molecule has 5 heterocycles. The van der Waals surface area contributed by atoms with Crippen molar-refractivity contribution < 1.29 is 13.2 Å². The van der Waals surface area contributed by atoms with E-state index in [-0.39, 0.29) is 29.2 Å². The molecule has 202 valence electrons. The van der Waals surface area contributed by atoms with Crippen molar-refractivity contribution >= 4 is 33.2 Å². The standard InChI is InChI=1S/C26H34N8O3S/c1-7-18-10-20(31-30-19(18)11-27)34-14-25(4,5)21-22(28-15-29-23(21)34)32-12-17(3)33(13-16(32)2)24(35)26(6)8-9-38(26,36)37/h10,15-17H,7-9,12-14H2,1-6H3/t16-,17+,26?/m0/s1. The fraction of sp³-hybridized carbons (Fsp3) is 0.615. The fourth-order valence-electron chi connectivity index (χ4n) is 5.87. The molecule has 0 spiro atoms. The molecule has 2 saturated heterocycles. The summed E-state index contributed by atoms with van der Waals surface area (Å²) in [5.74, 6) is 1.99. The summed E-state index contributed by atoms with van der Waals surface area (Å²) in [5, 5.41) is 17.9. The van der Waals surface area contributed by atoms with Crippen molar-refractivity contribution in [2.75, 3.05) is 35.2 Å². The Morgan fingerprint density at radius 1 is 1.13 bits per heavy atom. The second-order valence-corrected chi connectivity index (χ2v) is 14.1. The van der Waals surface area contributed by atoms with Gasteiger partial charge in [-0.15, -0.1) is 10.2 Å². The zero-order chi connectivity index (χ0) is 27.6. The summed E-state index contributed by atoms with van der Waals surface area (Å²) < 4.78 is 23.5. The van der Waals surface area contributed by atoms with Gasteiger partial charge in [0.1, 0.15) is 28.8 Å². The number of aromatic nitrogens is 4. The average Bonchev–Trinajstić information content (AvgIpc) is 3.18. The van der Waals surface area contributed by atoms with Crippen molar-refractivity contribution in [3.05, 3.63) is 29.2 Å². The molecule has 0 N–H and O–H groups in total. The van der Waals surface area contributed by atoms with E-state index in [1.54, 1.807) is 18.2 Å². The summed E-state index contributed by atoms with van der Waals surface area (Å²) >= 11 is 0. The molecule has 12 heteroatoms. The van der Waals surface area contributed by atoms with Crippen LogP contribution in [0.3, 0.4) is 0 Å². The van der Waals surface area contributed by atoms with Crippen LogP contribution in [-0.4, -0.2) is 81.6 Å². The van der Waals surface area contributed by atoms with Crippen LogP contribution in [0.2, 0.25) is 0 Å². The van der Waals surface area contributed by atoms with Gasteiger partial charge in [0, 0.05) is 42.7 Å². The van der Waals surface area contributed by atoms with Gasteiger partial charge in [-0.2, -0.15) is 5.26 Å². The summed E-state index contributed by atoms with van der Waals surface area (Å²) in [6.45, 7) is 13.4. The van der Waals surface area contributed by atoms with Crippen molar-refractivity contribution in [1.29, 1.82) is 5.26 Å². The van der Waals surface area contributed by atoms with Gasteiger partial charge in [-0.25, -0.2) is 18.4 Å². The highest BCUT2D eigenvalue weighted by Crippen LogP contribution is 2.47. The fourth-order valence-corrected chi connectivity index (χ4v) is 7.40. The predicted octanol–water partition coefficient (Wildman–Crippen LogP) is 2.13. The molecule has 3 aliphatic rings. The van der Waals surface area contributed by atoms with E-state index in [1.807, 2.05) is 31.7 Å². The summed E-state index contributed by atoms with van der Waals surface area (Å²) in [4.78, 5) is 28.7. The number of anilines is 3. The van der Waals surface area contributed by atoms with Crippen LogP contribution in [0, 0.1) is 11.3 Å². The van der Waals surface area contributed by atoms with Crippen LogP contribution >= 0.6 is 0 Å². The van der Waals surface area contributed by atoms with Gasteiger partial charge >= 0.3 is 0 Å². The first-order valence-electron chi connectivity index (χ1n) is 13.0. The lowest BCUT2D eigenvalue weighted by Crippen LogP contribution is -2.66. The molecule has 2 fully saturated rings. The molecule has 1 amide bonds. The Bertz CT molecular complexity index is 1450. The molecule has 38 heavy (non-hydrogen) atoms. The van der Waals surface area contributed by atoms with E-state index in [0.717, 1.165) is 22.8 Å². The molecule has 0 aliphatic carbocycles. The zero-order valence-corrected chi connectivity index (χ0v) is 23.6. The Kier molecular flexibility index (Phi) is 6.13. The van der Waals surface area contributed by atoms with E-state index >= 15 is 0 Å². The Labute approximate surface area is 223 Å². The Balaban J connectivity index is 1.48. The van der Waals surface area contributed by atoms with E-state index in [2.05, 4.69) is 40.0 Å². The van der Waals surface area contributed by atoms with Crippen LogP contribution in [-0.2, 0) is 26.5 Å². The molecular formula is C26H34N8O3S. The molecule has 3 atom stereocenters. The van der Waals surface area contributed by atoms with Crippen LogP contribution in [0.15, 0.2) is 12.4 Å². The second kappa shape index (κ2) is 8.86. The van der Waals surface area contributed by atoms with E-state index in [9.17, 15) is 18.5 Å². The normalized spacial score (nSPS) is 27.4. The quantitative estimate of drug-likeness (QED) is 0.569. The summed E-state index contributed by atoms with van der Waals surface area (Å²) in [5.41, 5.74) is 1.86. The maximum absolute atomic E-state index is 13.4. The van der Waals surface area contributed by atoms with Crippen molar-refractivity contribution in [3.63, 3.8) is 0 Å². The molecule has 5 rings (SSSR count).